The maximum Gasteiger partial charge on any atom is 0.271 e. The van der Waals surface area contributed by atoms with Crippen molar-refractivity contribution >= 4 is 11.8 Å². The fourth-order valence-corrected chi connectivity index (χ4v) is 5.42. The van der Waals surface area contributed by atoms with E-state index in [0.717, 1.165) is 42.5 Å². The van der Waals surface area contributed by atoms with Crippen LogP contribution in [0.4, 0.5) is 0 Å². The number of carbonyl (C=O) groups is 2. The molecule has 1 aromatic carbocycles. The Morgan fingerprint density at radius 1 is 1.06 bits per heavy atom. The van der Waals surface area contributed by atoms with Gasteiger partial charge in [-0.15, -0.1) is 0 Å². The maximum atomic E-state index is 13.9. The second-order valence-electron chi connectivity index (χ2n) is 9.98. The molecule has 1 atom stereocenters. The minimum absolute atomic E-state index is 0.0786. The Bertz CT molecular complexity index is 1170. The molecule has 2 aromatic heterocycles. The van der Waals surface area contributed by atoms with E-state index in [4.69, 9.17) is 4.42 Å². The zero-order valence-corrected chi connectivity index (χ0v) is 20.0. The van der Waals surface area contributed by atoms with E-state index in [2.05, 4.69) is 11.4 Å². The molecule has 2 aliphatic rings. The number of nitrogens with zero attached hydrogens (tertiary/aromatic N) is 2. The molecular formula is C28H33N3O3. The Hall–Kier alpha value is -3.28. The molecule has 178 valence electrons. The molecule has 1 N–H and O–H groups in total. The lowest BCUT2D eigenvalue weighted by molar-refractivity contribution is -0.134. The van der Waals surface area contributed by atoms with Gasteiger partial charge in [0, 0.05) is 12.6 Å². The van der Waals surface area contributed by atoms with E-state index in [9.17, 15) is 9.59 Å². The number of rotatable bonds is 5. The standard InChI is InChI=1S/C28H33N3O3/c1-20-9-7-10-21(17-20)18-31-26(32)24-15-14-23(25-13-8-16-34-25)30(24)19-28(31,2)27(33)29-22-11-5-3-4-6-12-22/h7-10,13-17,22H,3-6,11-12,18-19H2,1-2H3,(H,29,33)/t28-/m1/s1. The van der Waals surface area contributed by atoms with E-state index >= 15 is 0 Å². The summed E-state index contributed by atoms with van der Waals surface area (Å²) >= 11 is 0. The summed E-state index contributed by atoms with van der Waals surface area (Å²) in [5, 5.41) is 3.32. The van der Waals surface area contributed by atoms with Crippen LogP contribution in [0, 0.1) is 6.92 Å². The molecule has 0 radical (unpaired) electrons. The molecule has 3 aromatic rings. The average Bonchev–Trinajstić information content (AvgIpc) is 3.41. The zero-order chi connectivity index (χ0) is 23.7. The van der Waals surface area contributed by atoms with Crippen molar-refractivity contribution in [1.82, 2.24) is 14.8 Å². The first-order chi connectivity index (χ1) is 16.5. The molecule has 6 nitrogen and oxygen atoms in total. The molecule has 0 spiro atoms. The Morgan fingerprint density at radius 3 is 2.53 bits per heavy atom. The molecule has 2 amide bonds. The SMILES string of the molecule is Cc1cccc(CN2C(=O)c3ccc(-c4ccco4)n3C[C@]2(C)C(=O)NC2CCCCCC2)c1. The third kappa shape index (κ3) is 4.17. The quantitative estimate of drug-likeness (QED) is 0.526. The number of fused-ring (bicyclic) bond motifs is 1. The van der Waals surface area contributed by atoms with Gasteiger partial charge < -0.3 is 19.2 Å². The fraction of sp³-hybridized carbons (Fsp3) is 0.429. The van der Waals surface area contributed by atoms with Gasteiger partial charge in [-0.1, -0.05) is 55.5 Å². The van der Waals surface area contributed by atoms with Gasteiger partial charge in [0.1, 0.15) is 17.0 Å². The highest BCUT2D eigenvalue weighted by Gasteiger charge is 2.48. The summed E-state index contributed by atoms with van der Waals surface area (Å²) in [7, 11) is 0. The minimum atomic E-state index is -1.03. The number of hydrogen-bond donors (Lipinski definition) is 1. The topological polar surface area (TPSA) is 67.5 Å². The molecule has 3 heterocycles. The Morgan fingerprint density at radius 2 is 1.82 bits per heavy atom. The summed E-state index contributed by atoms with van der Waals surface area (Å²) in [6.07, 6.45) is 8.35. The minimum Gasteiger partial charge on any atom is -0.463 e. The number of carbonyl (C=O) groups excluding carboxylic acids is 2. The largest absolute Gasteiger partial charge is 0.463 e. The number of nitrogens with one attached hydrogen (secondary N) is 1. The molecule has 5 rings (SSSR count). The summed E-state index contributed by atoms with van der Waals surface area (Å²) in [6, 6.07) is 15.8. The highest BCUT2D eigenvalue weighted by Crippen LogP contribution is 2.34. The van der Waals surface area contributed by atoms with Gasteiger partial charge in [-0.25, -0.2) is 0 Å². The molecule has 6 heteroatoms. The molecular weight excluding hydrogens is 426 g/mol. The second kappa shape index (κ2) is 9.16. The van der Waals surface area contributed by atoms with Gasteiger partial charge in [-0.2, -0.15) is 0 Å². The van der Waals surface area contributed by atoms with Crippen LogP contribution in [-0.4, -0.2) is 32.9 Å². The third-order valence-corrected chi connectivity index (χ3v) is 7.38. The van der Waals surface area contributed by atoms with Gasteiger partial charge in [0.25, 0.3) is 5.91 Å². The van der Waals surface area contributed by atoms with Crippen LogP contribution in [0.1, 0.15) is 67.1 Å². The Labute approximate surface area is 200 Å². The molecule has 1 aliphatic heterocycles. The van der Waals surface area contributed by atoms with Gasteiger partial charge in [0.15, 0.2) is 0 Å². The van der Waals surface area contributed by atoms with Crippen LogP contribution in [0.3, 0.4) is 0 Å². The van der Waals surface area contributed by atoms with Crippen molar-refractivity contribution in [2.75, 3.05) is 0 Å². The Kier molecular flexibility index (Phi) is 6.07. The fourth-order valence-electron chi connectivity index (χ4n) is 5.42. The highest BCUT2D eigenvalue weighted by molar-refractivity contribution is 6.00. The van der Waals surface area contributed by atoms with E-state index in [0.29, 0.717) is 24.5 Å². The number of aromatic nitrogens is 1. The normalized spacial score (nSPS) is 21.2. The predicted molar refractivity (Wildman–Crippen MR) is 131 cm³/mol. The van der Waals surface area contributed by atoms with Gasteiger partial charge >= 0.3 is 0 Å². The molecule has 34 heavy (non-hydrogen) atoms. The summed E-state index contributed by atoms with van der Waals surface area (Å²) in [6.45, 7) is 4.71. The van der Waals surface area contributed by atoms with Crippen LogP contribution in [0.15, 0.2) is 59.2 Å². The number of furan rings is 1. The highest BCUT2D eigenvalue weighted by atomic mass is 16.3. The first kappa shape index (κ1) is 22.5. The van der Waals surface area contributed by atoms with Crippen LogP contribution in [0.25, 0.3) is 11.5 Å². The van der Waals surface area contributed by atoms with Crippen molar-refractivity contribution in [3.8, 4) is 11.5 Å². The summed E-state index contributed by atoms with van der Waals surface area (Å²) in [5.74, 6) is 0.479. The first-order valence-electron chi connectivity index (χ1n) is 12.4. The molecule has 1 aliphatic carbocycles. The number of amides is 2. The van der Waals surface area contributed by atoms with Crippen LogP contribution in [0.5, 0.6) is 0 Å². The van der Waals surface area contributed by atoms with Gasteiger partial charge in [0.2, 0.25) is 5.91 Å². The molecule has 0 saturated heterocycles. The van der Waals surface area contributed by atoms with Crippen LogP contribution < -0.4 is 5.32 Å². The lowest BCUT2D eigenvalue weighted by Gasteiger charge is -2.45. The van der Waals surface area contributed by atoms with E-state index in [-0.39, 0.29) is 17.9 Å². The van der Waals surface area contributed by atoms with E-state index < -0.39 is 5.54 Å². The molecule has 1 saturated carbocycles. The maximum absolute atomic E-state index is 13.9. The van der Waals surface area contributed by atoms with Crippen LogP contribution in [0.2, 0.25) is 0 Å². The second-order valence-corrected chi connectivity index (χ2v) is 9.98. The van der Waals surface area contributed by atoms with Crippen LogP contribution >= 0.6 is 0 Å². The van der Waals surface area contributed by atoms with Crippen LogP contribution in [-0.2, 0) is 17.9 Å². The van der Waals surface area contributed by atoms with Gasteiger partial charge in [-0.05, 0) is 56.5 Å². The molecule has 0 bridgehead atoms. The van der Waals surface area contributed by atoms with Crippen molar-refractivity contribution in [3.05, 3.63) is 71.6 Å². The number of hydrogen-bond acceptors (Lipinski definition) is 3. The molecule has 1 fully saturated rings. The smallest absolute Gasteiger partial charge is 0.271 e. The van der Waals surface area contributed by atoms with Crippen molar-refractivity contribution in [2.45, 2.75) is 77.0 Å². The van der Waals surface area contributed by atoms with E-state index in [1.54, 1.807) is 11.2 Å². The van der Waals surface area contributed by atoms with Crippen molar-refractivity contribution < 1.29 is 14.0 Å². The lowest BCUT2D eigenvalue weighted by Crippen LogP contribution is -2.64. The summed E-state index contributed by atoms with van der Waals surface area (Å²) in [5.41, 5.74) is 2.53. The van der Waals surface area contributed by atoms with Crippen molar-refractivity contribution in [2.24, 2.45) is 0 Å². The average molecular weight is 460 g/mol. The zero-order valence-electron chi connectivity index (χ0n) is 20.0. The number of aryl methyl sites for hydroxylation is 1. The van der Waals surface area contributed by atoms with Crippen molar-refractivity contribution in [1.29, 1.82) is 0 Å². The first-order valence-corrected chi connectivity index (χ1v) is 12.4. The van der Waals surface area contributed by atoms with Gasteiger partial charge in [-0.3, -0.25) is 9.59 Å². The predicted octanol–water partition coefficient (Wildman–Crippen LogP) is 5.31. The lowest BCUT2D eigenvalue weighted by atomic mass is 9.92. The summed E-state index contributed by atoms with van der Waals surface area (Å²) < 4.78 is 7.58. The monoisotopic (exact) mass is 459 g/mol. The third-order valence-electron chi connectivity index (χ3n) is 7.38. The number of benzene rings is 1. The summed E-state index contributed by atoms with van der Waals surface area (Å²) in [4.78, 5) is 29.5. The molecule has 0 unspecified atom stereocenters. The van der Waals surface area contributed by atoms with E-state index in [1.165, 1.54) is 12.8 Å². The van der Waals surface area contributed by atoms with Crippen molar-refractivity contribution in [3.63, 3.8) is 0 Å². The Balaban J connectivity index is 1.52. The van der Waals surface area contributed by atoms with Gasteiger partial charge in [0.05, 0.1) is 18.5 Å². The van der Waals surface area contributed by atoms with E-state index in [1.807, 2.05) is 60.9 Å².